The predicted molar refractivity (Wildman–Crippen MR) is 82.8 cm³/mol. The van der Waals surface area contributed by atoms with E-state index in [0.717, 1.165) is 15.6 Å². The Hall–Kier alpha value is -1.39. The highest BCUT2D eigenvalue weighted by Crippen LogP contribution is 2.34. The summed E-state index contributed by atoms with van der Waals surface area (Å²) in [6.45, 7) is 3.90. The summed E-state index contributed by atoms with van der Waals surface area (Å²) in [5.41, 5.74) is 1.76. The van der Waals surface area contributed by atoms with Gasteiger partial charge in [-0.3, -0.25) is 0 Å². The summed E-state index contributed by atoms with van der Waals surface area (Å²) in [6.07, 6.45) is 0. The third-order valence-corrected chi connectivity index (χ3v) is 3.75. The summed E-state index contributed by atoms with van der Waals surface area (Å²) >= 11 is 3.40. The van der Waals surface area contributed by atoms with E-state index in [2.05, 4.69) is 21.2 Å². The van der Waals surface area contributed by atoms with Crippen molar-refractivity contribution >= 4 is 15.9 Å². The summed E-state index contributed by atoms with van der Waals surface area (Å²) in [5, 5.41) is 3.10. The molecule has 0 fully saturated rings. The Labute approximate surface area is 127 Å². The maximum absolute atomic E-state index is 14.1. The van der Waals surface area contributed by atoms with Crippen LogP contribution >= 0.6 is 15.9 Å². The van der Waals surface area contributed by atoms with Gasteiger partial charge in [0.1, 0.15) is 5.75 Å². The summed E-state index contributed by atoms with van der Waals surface area (Å²) in [7, 11) is 1.84. The molecule has 0 aliphatic heterocycles. The lowest BCUT2D eigenvalue weighted by Gasteiger charge is -2.18. The molecule has 0 saturated heterocycles. The van der Waals surface area contributed by atoms with E-state index in [0.29, 0.717) is 5.75 Å². The average Bonchev–Trinajstić information content (AvgIpc) is 2.44. The normalized spacial score (nSPS) is 12.2. The molecule has 1 atom stereocenters. The van der Waals surface area contributed by atoms with Crippen molar-refractivity contribution in [2.45, 2.75) is 19.9 Å². The van der Waals surface area contributed by atoms with Crippen LogP contribution in [0.5, 0.6) is 11.5 Å². The second-order valence-corrected chi connectivity index (χ2v) is 5.60. The van der Waals surface area contributed by atoms with Gasteiger partial charge in [0.05, 0.1) is 0 Å². The molecule has 0 amide bonds. The molecule has 106 valence electrons. The first-order chi connectivity index (χ1) is 9.52. The van der Waals surface area contributed by atoms with Gasteiger partial charge in [-0.1, -0.05) is 34.1 Å². The molecule has 2 nitrogen and oxygen atoms in total. The Morgan fingerprint density at radius 3 is 2.70 bits per heavy atom. The van der Waals surface area contributed by atoms with Crippen LogP contribution in [0, 0.1) is 12.7 Å². The van der Waals surface area contributed by atoms with Crippen LogP contribution in [0.25, 0.3) is 0 Å². The first-order valence-electron chi connectivity index (χ1n) is 6.42. The van der Waals surface area contributed by atoms with Crippen molar-refractivity contribution in [3.05, 3.63) is 57.8 Å². The van der Waals surface area contributed by atoms with Crippen LogP contribution in [0.15, 0.2) is 40.9 Å². The van der Waals surface area contributed by atoms with Gasteiger partial charge in [0, 0.05) is 16.1 Å². The zero-order valence-corrected chi connectivity index (χ0v) is 13.3. The van der Waals surface area contributed by atoms with Crippen LogP contribution in [-0.4, -0.2) is 7.05 Å². The number of para-hydroxylation sites is 1. The van der Waals surface area contributed by atoms with Gasteiger partial charge in [-0.05, 0) is 44.7 Å². The second-order valence-electron chi connectivity index (χ2n) is 4.68. The fourth-order valence-corrected chi connectivity index (χ4v) is 2.26. The number of rotatable bonds is 4. The van der Waals surface area contributed by atoms with Gasteiger partial charge in [0.25, 0.3) is 0 Å². The number of benzene rings is 2. The van der Waals surface area contributed by atoms with E-state index in [1.165, 1.54) is 6.07 Å². The lowest BCUT2D eigenvalue weighted by Crippen LogP contribution is -2.13. The molecule has 0 aromatic heterocycles. The van der Waals surface area contributed by atoms with Crippen molar-refractivity contribution in [2.75, 3.05) is 7.05 Å². The average molecular weight is 338 g/mol. The standard InChI is InChI=1S/C16H17BrFNO/c1-10-7-8-12(17)9-15(10)20-16-13(11(2)19-3)5-4-6-14(16)18/h4-9,11,19H,1-3H3. The first kappa shape index (κ1) is 15.0. The third kappa shape index (κ3) is 3.19. The van der Waals surface area contributed by atoms with E-state index >= 15 is 0 Å². The van der Waals surface area contributed by atoms with Gasteiger partial charge in [-0.15, -0.1) is 0 Å². The Kier molecular flexibility index (Phi) is 4.78. The molecule has 0 spiro atoms. The van der Waals surface area contributed by atoms with E-state index in [9.17, 15) is 4.39 Å². The van der Waals surface area contributed by atoms with Crippen molar-refractivity contribution in [1.29, 1.82) is 0 Å². The predicted octanol–water partition coefficient (Wildman–Crippen LogP) is 4.97. The molecular formula is C16H17BrFNO. The molecule has 0 heterocycles. The van der Waals surface area contributed by atoms with Crippen molar-refractivity contribution < 1.29 is 9.13 Å². The molecule has 1 N–H and O–H groups in total. The van der Waals surface area contributed by atoms with Crippen LogP contribution in [-0.2, 0) is 0 Å². The number of ether oxygens (including phenoxy) is 1. The van der Waals surface area contributed by atoms with Gasteiger partial charge >= 0.3 is 0 Å². The maximum Gasteiger partial charge on any atom is 0.167 e. The van der Waals surface area contributed by atoms with Gasteiger partial charge in [-0.2, -0.15) is 0 Å². The lowest BCUT2D eigenvalue weighted by molar-refractivity contribution is 0.426. The van der Waals surface area contributed by atoms with E-state index in [-0.39, 0.29) is 17.6 Å². The molecule has 2 aromatic carbocycles. The van der Waals surface area contributed by atoms with Crippen LogP contribution < -0.4 is 10.1 Å². The molecule has 0 aliphatic rings. The Morgan fingerprint density at radius 1 is 1.25 bits per heavy atom. The summed E-state index contributed by atoms with van der Waals surface area (Å²) in [4.78, 5) is 0. The summed E-state index contributed by atoms with van der Waals surface area (Å²) in [5.74, 6) is 0.563. The topological polar surface area (TPSA) is 21.3 Å². The quantitative estimate of drug-likeness (QED) is 0.850. The Morgan fingerprint density at radius 2 is 2.00 bits per heavy atom. The van der Waals surface area contributed by atoms with Gasteiger partial charge in [0.2, 0.25) is 0 Å². The van der Waals surface area contributed by atoms with Crippen molar-refractivity contribution in [3.63, 3.8) is 0 Å². The molecule has 2 aromatic rings. The van der Waals surface area contributed by atoms with E-state index in [1.54, 1.807) is 6.07 Å². The molecule has 2 rings (SSSR count). The number of hydrogen-bond donors (Lipinski definition) is 1. The zero-order chi connectivity index (χ0) is 14.7. The number of aryl methyl sites for hydroxylation is 1. The molecule has 0 bridgehead atoms. The van der Waals surface area contributed by atoms with Crippen molar-refractivity contribution in [3.8, 4) is 11.5 Å². The molecule has 20 heavy (non-hydrogen) atoms. The van der Waals surface area contributed by atoms with E-state index in [4.69, 9.17) is 4.74 Å². The molecule has 4 heteroatoms. The highest BCUT2D eigenvalue weighted by molar-refractivity contribution is 9.10. The fourth-order valence-electron chi connectivity index (χ4n) is 1.92. The minimum Gasteiger partial charge on any atom is -0.454 e. The number of hydrogen-bond acceptors (Lipinski definition) is 2. The van der Waals surface area contributed by atoms with Crippen LogP contribution in [0.3, 0.4) is 0 Å². The summed E-state index contributed by atoms with van der Waals surface area (Å²) < 4.78 is 20.8. The highest BCUT2D eigenvalue weighted by atomic mass is 79.9. The monoisotopic (exact) mass is 337 g/mol. The fraction of sp³-hybridized carbons (Fsp3) is 0.250. The summed E-state index contributed by atoms with van der Waals surface area (Å²) in [6, 6.07) is 10.7. The SMILES string of the molecule is CNC(C)c1cccc(F)c1Oc1cc(Br)ccc1C. The number of nitrogens with one attached hydrogen (secondary N) is 1. The first-order valence-corrected chi connectivity index (χ1v) is 7.22. The smallest absolute Gasteiger partial charge is 0.167 e. The Balaban J connectivity index is 2.45. The van der Waals surface area contributed by atoms with Gasteiger partial charge < -0.3 is 10.1 Å². The zero-order valence-electron chi connectivity index (χ0n) is 11.7. The Bertz CT molecular complexity index is 615. The van der Waals surface area contributed by atoms with Gasteiger partial charge in [0.15, 0.2) is 11.6 Å². The minimum atomic E-state index is -0.357. The maximum atomic E-state index is 14.1. The largest absolute Gasteiger partial charge is 0.454 e. The second kappa shape index (κ2) is 6.37. The third-order valence-electron chi connectivity index (χ3n) is 3.26. The lowest BCUT2D eigenvalue weighted by atomic mass is 10.1. The van der Waals surface area contributed by atoms with Crippen LogP contribution in [0.1, 0.15) is 24.1 Å². The molecule has 0 radical (unpaired) electrons. The van der Waals surface area contributed by atoms with Crippen molar-refractivity contribution in [1.82, 2.24) is 5.32 Å². The van der Waals surface area contributed by atoms with Crippen LogP contribution in [0.4, 0.5) is 4.39 Å². The number of halogens is 2. The van der Waals surface area contributed by atoms with Crippen molar-refractivity contribution in [2.24, 2.45) is 0 Å². The van der Waals surface area contributed by atoms with E-state index in [1.807, 2.05) is 45.2 Å². The molecule has 0 aliphatic carbocycles. The minimum absolute atomic E-state index is 0.00755. The highest BCUT2D eigenvalue weighted by Gasteiger charge is 2.16. The van der Waals surface area contributed by atoms with Crippen LogP contribution in [0.2, 0.25) is 0 Å². The molecule has 0 saturated carbocycles. The van der Waals surface area contributed by atoms with E-state index < -0.39 is 0 Å². The molecule has 1 unspecified atom stereocenters. The van der Waals surface area contributed by atoms with Gasteiger partial charge in [-0.25, -0.2) is 4.39 Å². The molecular weight excluding hydrogens is 321 g/mol.